The van der Waals surface area contributed by atoms with E-state index in [1.807, 2.05) is 18.2 Å². The first kappa shape index (κ1) is 17.5. The van der Waals surface area contributed by atoms with Crippen LogP contribution in [0, 0.1) is 16.0 Å². The van der Waals surface area contributed by atoms with Gasteiger partial charge in [-0.2, -0.15) is 4.98 Å². The van der Waals surface area contributed by atoms with Crippen molar-refractivity contribution in [1.29, 1.82) is 0 Å². The second-order valence-electron chi connectivity index (χ2n) is 6.18. The molecule has 8 nitrogen and oxygen atoms in total. The quantitative estimate of drug-likeness (QED) is 0.502. The van der Waals surface area contributed by atoms with E-state index >= 15 is 0 Å². The van der Waals surface area contributed by atoms with Gasteiger partial charge in [-0.1, -0.05) is 32.0 Å². The minimum atomic E-state index is -0.536. The van der Waals surface area contributed by atoms with Gasteiger partial charge in [0.1, 0.15) is 11.8 Å². The van der Waals surface area contributed by atoms with Crippen molar-refractivity contribution < 1.29 is 9.66 Å². The molecule has 0 atom stereocenters. The fraction of sp³-hybridized carbons (Fsp3) is 0.278. The summed E-state index contributed by atoms with van der Waals surface area (Å²) in [5, 5.41) is 15.5. The molecule has 0 saturated heterocycles. The first-order valence-electron chi connectivity index (χ1n) is 8.31. The molecule has 0 radical (unpaired) electrons. The third kappa shape index (κ3) is 3.85. The van der Waals surface area contributed by atoms with Gasteiger partial charge in [-0.25, -0.2) is 4.98 Å². The smallest absolute Gasteiger partial charge is 0.373 e. The minimum absolute atomic E-state index is 0.116. The Morgan fingerprint density at radius 2 is 2.00 bits per heavy atom. The maximum Gasteiger partial charge on any atom is 0.373 e. The highest BCUT2D eigenvalue weighted by molar-refractivity contribution is 5.84. The molecule has 0 fully saturated rings. The van der Waals surface area contributed by atoms with E-state index in [0.29, 0.717) is 23.7 Å². The standard InChI is InChI=1S/C18H19N5O3/c1-12(2)8-10-20-17-16(23(24)25)18(22-11-21-17)26-14-7-3-5-13-6-4-9-19-15(13)14/h3-7,9,11-12H,8,10H2,1-2H3,(H,20,21,22). The molecule has 0 aliphatic heterocycles. The molecule has 134 valence electrons. The van der Waals surface area contributed by atoms with Crippen molar-refractivity contribution >= 4 is 22.4 Å². The topological polar surface area (TPSA) is 103 Å². The summed E-state index contributed by atoms with van der Waals surface area (Å²) in [6.07, 6.45) is 3.76. The molecule has 0 saturated carbocycles. The molecule has 0 spiro atoms. The number of ether oxygens (including phenoxy) is 1. The third-order valence-electron chi connectivity index (χ3n) is 3.79. The van der Waals surface area contributed by atoms with Crippen LogP contribution in [0.5, 0.6) is 11.6 Å². The maximum atomic E-state index is 11.6. The number of fused-ring (bicyclic) bond motifs is 1. The summed E-state index contributed by atoms with van der Waals surface area (Å²) < 4.78 is 5.76. The van der Waals surface area contributed by atoms with Crippen LogP contribution in [0.4, 0.5) is 11.5 Å². The lowest BCUT2D eigenvalue weighted by atomic mass is 10.1. The van der Waals surface area contributed by atoms with E-state index in [-0.39, 0.29) is 17.4 Å². The SMILES string of the molecule is CC(C)CCNc1ncnc(Oc2cccc3cccnc23)c1[N+](=O)[O-]. The second kappa shape index (κ2) is 7.73. The Kier molecular flexibility index (Phi) is 5.21. The summed E-state index contributed by atoms with van der Waals surface area (Å²) in [5.74, 6) is 0.906. The van der Waals surface area contributed by atoms with Crippen LogP contribution >= 0.6 is 0 Å². The van der Waals surface area contributed by atoms with Crippen molar-refractivity contribution in [2.75, 3.05) is 11.9 Å². The lowest BCUT2D eigenvalue weighted by molar-refractivity contribution is -0.385. The fourth-order valence-corrected chi connectivity index (χ4v) is 2.47. The predicted octanol–water partition coefficient (Wildman–Crippen LogP) is 4.18. The number of rotatable bonds is 7. The number of pyridine rings is 1. The summed E-state index contributed by atoms with van der Waals surface area (Å²) in [6.45, 7) is 4.74. The van der Waals surface area contributed by atoms with Gasteiger partial charge < -0.3 is 10.1 Å². The van der Waals surface area contributed by atoms with Crippen LogP contribution in [0.3, 0.4) is 0 Å². The van der Waals surface area contributed by atoms with Gasteiger partial charge in [-0.15, -0.1) is 0 Å². The van der Waals surface area contributed by atoms with Crippen LogP contribution in [0.1, 0.15) is 20.3 Å². The number of anilines is 1. The summed E-state index contributed by atoms with van der Waals surface area (Å²) in [6, 6.07) is 9.10. The lowest BCUT2D eigenvalue weighted by Crippen LogP contribution is -2.09. The summed E-state index contributed by atoms with van der Waals surface area (Å²) >= 11 is 0. The normalized spacial score (nSPS) is 10.9. The van der Waals surface area contributed by atoms with E-state index in [1.165, 1.54) is 6.33 Å². The van der Waals surface area contributed by atoms with Gasteiger partial charge in [-0.05, 0) is 24.5 Å². The van der Waals surface area contributed by atoms with E-state index in [1.54, 1.807) is 18.3 Å². The van der Waals surface area contributed by atoms with Crippen molar-refractivity contribution in [1.82, 2.24) is 15.0 Å². The highest BCUT2D eigenvalue weighted by Gasteiger charge is 2.25. The molecule has 1 aromatic carbocycles. The van der Waals surface area contributed by atoms with Crippen molar-refractivity contribution in [3.05, 3.63) is 53.0 Å². The van der Waals surface area contributed by atoms with Crippen LogP contribution in [0.25, 0.3) is 10.9 Å². The molecule has 0 unspecified atom stereocenters. The second-order valence-corrected chi connectivity index (χ2v) is 6.18. The number of hydrogen-bond donors (Lipinski definition) is 1. The zero-order chi connectivity index (χ0) is 18.5. The van der Waals surface area contributed by atoms with Crippen LogP contribution in [0.2, 0.25) is 0 Å². The number of hydrogen-bond acceptors (Lipinski definition) is 7. The van der Waals surface area contributed by atoms with Gasteiger partial charge >= 0.3 is 11.6 Å². The molecule has 0 bridgehead atoms. The largest absolute Gasteiger partial charge is 0.431 e. The first-order valence-corrected chi connectivity index (χ1v) is 8.31. The predicted molar refractivity (Wildman–Crippen MR) is 98.4 cm³/mol. The average Bonchev–Trinajstić information content (AvgIpc) is 2.61. The zero-order valence-corrected chi connectivity index (χ0v) is 14.5. The molecule has 2 aromatic heterocycles. The number of para-hydroxylation sites is 1. The van der Waals surface area contributed by atoms with Crippen molar-refractivity contribution in [3.8, 4) is 11.6 Å². The van der Waals surface area contributed by atoms with E-state index in [4.69, 9.17) is 4.74 Å². The van der Waals surface area contributed by atoms with Crippen LogP contribution in [-0.2, 0) is 0 Å². The van der Waals surface area contributed by atoms with E-state index in [2.05, 4.69) is 34.1 Å². The maximum absolute atomic E-state index is 11.6. The van der Waals surface area contributed by atoms with Gasteiger partial charge in [0.2, 0.25) is 5.82 Å². The van der Waals surface area contributed by atoms with Gasteiger partial charge in [0.25, 0.3) is 0 Å². The third-order valence-corrected chi connectivity index (χ3v) is 3.79. The summed E-state index contributed by atoms with van der Waals surface area (Å²) in [4.78, 5) is 23.3. The molecular weight excluding hydrogens is 334 g/mol. The van der Waals surface area contributed by atoms with Crippen molar-refractivity contribution in [3.63, 3.8) is 0 Å². The number of nitrogens with one attached hydrogen (secondary N) is 1. The van der Waals surface area contributed by atoms with Gasteiger partial charge in [0.15, 0.2) is 5.75 Å². The molecule has 0 aliphatic carbocycles. The molecule has 3 rings (SSSR count). The Hall–Kier alpha value is -3.29. The molecule has 3 aromatic rings. The lowest BCUT2D eigenvalue weighted by Gasteiger charge is -2.11. The van der Waals surface area contributed by atoms with E-state index in [0.717, 1.165) is 11.8 Å². The van der Waals surface area contributed by atoms with Crippen LogP contribution in [-0.4, -0.2) is 26.4 Å². The van der Waals surface area contributed by atoms with Crippen molar-refractivity contribution in [2.45, 2.75) is 20.3 Å². The Morgan fingerprint density at radius 3 is 2.77 bits per heavy atom. The summed E-state index contributed by atoms with van der Waals surface area (Å²) in [5.41, 5.74) is 0.321. The highest BCUT2D eigenvalue weighted by Crippen LogP contribution is 2.36. The molecule has 26 heavy (non-hydrogen) atoms. The van der Waals surface area contributed by atoms with Crippen LogP contribution in [0.15, 0.2) is 42.9 Å². The molecule has 0 aliphatic rings. The number of aromatic nitrogens is 3. The highest BCUT2D eigenvalue weighted by atomic mass is 16.6. The average molecular weight is 353 g/mol. The minimum Gasteiger partial charge on any atom is -0.431 e. The van der Waals surface area contributed by atoms with E-state index in [9.17, 15) is 10.1 Å². The molecule has 1 N–H and O–H groups in total. The van der Waals surface area contributed by atoms with E-state index < -0.39 is 4.92 Å². The molecule has 0 amide bonds. The first-order chi connectivity index (χ1) is 12.6. The van der Waals surface area contributed by atoms with Gasteiger partial charge in [-0.3, -0.25) is 15.1 Å². The monoisotopic (exact) mass is 353 g/mol. The zero-order valence-electron chi connectivity index (χ0n) is 14.5. The Balaban J connectivity index is 1.95. The Morgan fingerprint density at radius 1 is 1.19 bits per heavy atom. The molecule has 2 heterocycles. The fourth-order valence-electron chi connectivity index (χ4n) is 2.47. The van der Waals surface area contributed by atoms with Gasteiger partial charge in [0, 0.05) is 18.1 Å². The molecular formula is C18H19N5O3. The number of benzene rings is 1. The van der Waals surface area contributed by atoms with Crippen LogP contribution < -0.4 is 10.1 Å². The number of nitro groups is 1. The number of nitrogens with zero attached hydrogens (tertiary/aromatic N) is 4. The summed E-state index contributed by atoms with van der Waals surface area (Å²) in [7, 11) is 0. The van der Waals surface area contributed by atoms with Crippen molar-refractivity contribution in [2.24, 2.45) is 5.92 Å². The Bertz CT molecular complexity index is 924. The van der Waals surface area contributed by atoms with Gasteiger partial charge in [0.05, 0.1) is 4.92 Å². The molecule has 8 heteroatoms. The Labute approximate surface area is 150 Å².